The van der Waals surface area contributed by atoms with Crippen molar-refractivity contribution >= 4 is 16.8 Å². The van der Waals surface area contributed by atoms with Crippen LogP contribution >= 0.6 is 0 Å². The monoisotopic (exact) mass is 383 g/mol. The zero-order valence-corrected chi connectivity index (χ0v) is 17.3. The van der Waals surface area contributed by atoms with Gasteiger partial charge in [0.05, 0.1) is 7.11 Å². The van der Waals surface area contributed by atoms with Crippen LogP contribution in [0.3, 0.4) is 0 Å². The van der Waals surface area contributed by atoms with Crippen LogP contribution in [0.1, 0.15) is 32.6 Å². The highest BCUT2D eigenvalue weighted by Crippen LogP contribution is 2.24. The van der Waals surface area contributed by atoms with E-state index in [1.807, 2.05) is 24.4 Å². The van der Waals surface area contributed by atoms with Crippen LogP contribution in [-0.4, -0.2) is 60.1 Å². The summed E-state index contributed by atoms with van der Waals surface area (Å²) in [4.78, 5) is 17.7. The third kappa shape index (κ3) is 4.35. The molecule has 0 radical (unpaired) electrons. The molecule has 5 nitrogen and oxygen atoms in total. The molecule has 2 saturated heterocycles. The van der Waals surface area contributed by atoms with Crippen molar-refractivity contribution in [2.75, 3.05) is 39.8 Å². The van der Waals surface area contributed by atoms with Crippen LogP contribution in [0.4, 0.5) is 0 Å². The molecule has 1 aromatic carbocycles. The van der Waals surface area contributed by atoms with Crippen molar-refractivity contribution < 1.29 is 9.53 Å². The fraction of sp³-hybridized carbons (Fsp3) is 0.609. The number of hydrogen-bond donors (Lipinski definition) is 0. The van der Waals surface area contributed by atoms with Gasteiger partial charge < -0.3 is 19.1 Å². The number of hydrogen-bond acceptors (Lipinski definition) is 3. The van der Waals surface area contributed by atoms with Crippen molar-refractivity contribution in [2.24, 2.45) is 11.8 Å². The first-order valence-corrected chi connectivity index (χ1v) is 10.8. The van der Waals surface area contributed by atoms with E-state index in [-0.39, 0.29) is 5.91 Å². The molecule has 2 fully saturated rings. The third-order valence-electron chi connectivity index (χ3n) is 6.55. The number of piperidine rings is 2. The SMILES string of the molecule is COc1ccc2c(ccn2CC(=O)N2CCCC(CN3CCC(C)CC3)C2)c1. The molecule has 2 aliphatic rings. The fourth-order valence-corrected chi connectivity index (χ4v) is 4.74. The second-order valence-electron chi connectivity index (χ2n) is 8.70. The Balaban J connectivity index is 1.35. The molecule has 2 aromatic rings. The Morgan fingerprint density at radius 2 is 1.96 bits per heavy atom. The minimum absolute atomic E-state index is 0.241. The van der Waals surface area contributed by atoms with Gasteiger partial charge in [-0.25, -0.2) is 0 Å². The lowest BCUT2D eigenvalue weighted by Crippen LogP contribution is -2.46. The van der Waals surface area contributed by atoms with Crippen molar-refractivity contribution in [2.45, 2.75) is 39.2 Å². The molecule has 1 atom stereocenters. The number of fused-ring (bicyclic) bond motifs is 1. The summed E-state index contributed by atoms with van der Waals surface area (Å²) in [7, 11) is 1.68. The number of methoxy groups -OCH3 is 1. The van der Waals surface area contributed by atoms with E-state index in [0.29, 0.717) is 12.5 Å². The lowest BCUT2D eigenvalue weighted by Gasteiger charge is -2.38. The summed E-state index contributed by atoms with van der Waals surface area (Å²) < 4.78 is 7.36. The third-order valence-corrected chi connectivity index (χ3v) is 6.55. The van der Waals surface area contributed by atoms with Crippen molar-refractivity contribution in [3.8, 4) is 5.75 Å². The molecule has 152 valence electrons. The fourth-order valence-electron chi connectivity index (χ4n) is 4.74. The maximum Gasteiger partial charge on any atom is 0.242 e. The minimum atomic E-state index is 0.241. The van der Waals surface area contributed by atoms with Gasteiger partial charge in [-0.3, -0.25) is 4.79 Å². The molecule has 5 heteroatoms. The summed E-state index contributed by atoms with van der Waals surface area (Å²) in [6, 6.07) is 8.08. The highest BCUT2D eigenvalue weighted by atomic mass is 16.5. The van der Waals surface area contributed by atoms with E-state index in [1.54, 1.807) is 7.11 Å². The standard InChI is InChI=1S/C23H33N3O2/c1-18-7-11-24(12-8-18)15-19-4-3-10-26(16-19)23(27)17-25-13-9-20-14-21(28-2)5-6-22(20)25/h5-6,9,13-14,18-19H,3-4,7-8,10-12,15-17H2,1-2H3. The largest absolute Gasteiger partial charge is 0.497 e. The Morgan fingerprint density at radius 3 is 2.75 bits per heavy atom. The minimum Gasteiger partial charge on any atom is -0.497 e. The normalized spacial score (nSPS) is 21.9. The molecule has 1 aromatic heterocycles. The molecule has 0 aliphatic carbocycles. The van der Waals surface area contributed by atoms with E-state index in [2.05, 4.69) is 27.4 Å². The van der Waals surface area contributed by atoms with Crippen LogP contribution in [0, 0.1) is 11.8 Å². The van der Waals surface area contributed by atoms with Crippen molar-refractivity contribution in [1.29, 1.82) is 0 Å². The Bertz CT molecular complexity index is 807. The van der Waals surface area contributed by atoms with Gasteiger partial charge in [-0.15, -0.1) is 0 Å². The van der Waals surface area contributed by atoms with Gasteiger partial charge in [0.1, 0.15) is 12.3 Å². The quantitative estimate of drug-likeness (QED) is 0.791. The first-order valence-electron chi connectivity index (χ1n) is 10.8. The maximum atomic E-state index is 13.0. The second kappa shape index (κ2) is 8.56. The Kier molecular flexibility index (Phi) is 5.90. The zero-order valence-electron chi connectivity index (χ0n) is 17.3. The molecule has 1 unspecified atom stereocenters. The second-order valence-corrected chi connectivity index (χ2v) is 8.70. The van der Waals surface area contributed by atoms with Crippen LogP contribution in [0.25, 0.3) is 10.9 Å². The maximum absolute atomic E-state index is 13.0. The number of aromatic nitrogens is 1. The Labute approximate surface area is 168 Å². The molecular weight excluding hydrogens is 350 g/mol. The molecule has 0 bridgehead atoms. The van der Waals surface area contributed by atoms with Gasteiger partial charge in [0, 0.05) is 36.7 Å². The lowest BCUT2D eigenvalue weighted by molar-refractivity contribution is -0.133. The van der Waals surface area contributed by atoms with Gasteiger partial charge in [-0.1, -0.05) is 6.92 Å². The number of carbonyl (C=O) groups excluding carboxylic acids is 1. The number of likely N-dealkylation sites (tertiary alicyclic amines) is 2. The highest BCUT2D eigenvalue weighted by Gasteiger charge is 2.26. The zero-order chi connectivity index (χ0) is 19.5. The first-order chi connectivity index (χ1) is 13.6. The number of amides is 1. The molecule has 0 spiro atoms. The van der Waals surface area contributed by atoms with E-state index < -0.39 is 0 Å². The van der Waals surface area contributed by atoms with Gasteiger partial charge >= 0.3 is 0 Å². The molecule has 0 N–H and O–H groups in total. The summed E-state index contributed by atoms with van der Waals surface area (Å²) in [6.07, 6.45) is 7.03. The number of rotatable bonds is 5. The van der Waals surface area contributed by atoms with E-state index >= 15 is 0 Å². The van der Waals surface area contributed by atoms with Crippen LogP contribution in [0.2, 0.25) is 0 Å². The van der Waals surface area contributed by atoms with Gasteiger partial charge in [0.2, 0.25) is 5.91 Å². The van der Waals surface area contributed by atoms with Crippen LogP contribution in [-0.2, 0) is 11.3 Å². The lowest BCUT2D eigenvalue weighted by atomic mass is 9.94. The molecule has 1 amide bonds. The van der Waals surface area contributed by atoms with Crippen molar-refractivity contribution in [3.63, 3.8) is 0 Å². The smallest absolute Gasteiger partial charge is 0.242 e. The molecule has 0 saturated carbocycles. The molecular formula is C23H33N3O2. The summed E-state index contributed by atoms with van der Waals surface area (Å²) in [5, 5.41) is 1.11. The number of benzene rings is 1. The van der Waals surface area contributed by atoms with Crippen LogP contribution < -0.4 is 4.74 Å². The van der Waals surface area contributed by atoms with E-state index in [9.17, 15) is 4.79 Å². The van der Waals surface area contributed by atoms with Crippen molar-refractivity contribution in [3.05, 3.63) is 30.5 Å². The molecule has 28 heavy (non-hydrogen) atoms. The van der Waals surface area contributed by atoms with Gasteiger partial charge in [-0.2, -0.15) is 0 Å². The van der Waals surface area contributed by atoms with Gasteiger partial charge in [0.15, 0.2) is 0 Å². The van der Waals surface area contributed by atoms with Crippen LogP contribution in [0.5, 0.6) is 5.75 Å². The number of ether oxygens (including phenoxy) is 1. The predicted octanol–water partition coefficient (Wildman–Crippen LogP) is 3.62. The molecule has 4 rings (SSSR count). The summed E-state index contributed by atoms with van der Waals surface area (Å²) in [6.45, 7) is 8.21. The Morgan fingerprint density at radius 1 is 1.14 bits per heavy atom. The van der Waals surface area contributed by atoms with E-state index in [4.69, 9.17) is 4.74 Å². The van der Waals surface area contributed by atoms with Gasteiger partial charge in [-0.05, 0) is 74.9 Å². The number of nitrogens with zero attached hydrogens (tertiary/aromatic N) is 3. The van der Waals surface area contributed by atoms with E-state index in [1.165, 1.54) is 32.4 Å². The van der Waals surface area contributed by atoms with Crippen LogP contribution in [0.15, 0.2) is 30.5 Å². The summed E-state index contributed by atoms with van der Waals surface area (Å²) in [5.74, 6) is 2.58. The van der Waals surface area contributed by atoms with Gasteiger partial charge in [0.25, 0.3) is 0 Å². The summed E-state index contributed by atoms with van der Waals surface area (Å²) >= 11 is 0. The average molecular weight is 384 g/mol. The van der Waals surface area contributed by atoms with Crippen molar-refractivity contribution in [1.82, 2.24) is 14.4 Å². The average Bonchev–Trinajstić information content (AvgIpc) is 3.12. The first kappa shape index (κ1) is 19.3. The molecule has 2 aliphatic heterocycles. The molecule has 3 heterocycles. The predicted molar refractivity (Wildman–Crippen MR) is 113 cm³/mol. The van der Waals surface area contributed by atoms with E-state index in [0.717, 1.165) is 48.6 Å². The topological polar surface area (TPSA) is 37.7 Å². The summed E-state index contributed by atoms with van der Waals surface area (Å²) in [5.41, 5.74) is 1.09. The number of carbonyl (C=O) groups is 1. The Hall–Kier alpha value is -2.01. The highest BCUT2D eigenvalue weighted by molar-refractivity contribution is 5.84.